The molecule has 2 N–H and O–H groups in total. The average molecular weight is 572 g/mol. The fourth-order valence-electron chi connectivity index (χ4n) is 4.84. The molecule has 0 saturated heterocycles. The Hall–Kier alpha value is -3.65. The molecule has 1 aliphatic carbocycles. The summed E-state index contributed by atoms with van der Waals surface area (Å²) in [6, 6.07) is 0.273. The molecule has 3 aromatic rings. The van der Waals surface area contributed by atoms with E-state index in [1.54, 1.807) is 33.0 Å². The SMILES string of the molecule is Cc1nonc1C(=O)N[C@H](c1cn2ncc([C@H](NC(=O)CCC(F)(F)F)C(C)C)cc2n1)C1CCC(F)(F)CC1. The maximum absolute atomic E-state index is 13.9. The number of hydrogen-bond acceptors (Lipinski definition) is 7. The van der Waals surface area contributed by atoms with E-state index >= 15 is 0 Å². The molecule has 10 nitrogen and oxygen atoms in total. The van der Waals surface area contributed by atoms with Gasteiger partial charge in [-0.1, -0.05) is 19.0 Å². The number of carbonyl (C=O) groups is 2. The van der Waals surface area contributed by atoms with Crippen molar-refractivity contribution in [3.8, 4) is 0 Å². The van der Waals surface area contributed by atoms with Gasteiger partial charge in [-0.3, -0.25) is 9.59 Å². The lowest BCUT2D eigenvalue weighted by atomic mass is 9.81. The molecule has 0 bridgehead atoms. The fourth-order valence-corrected chi connectivity index (χ4v) is 4.84. The molecule has 0 aliphatic heterocycles. The number of halogens is 5. The lowest BCUT2D eigenvalue weighted by Gasteiger charge is -2.33. The smallest absolute Gasteiger partial charge is 0.349 e. The molecule has 0 unspecified atom stereocenters. The first kappa shape index (κ1) is 29.3. The largest absolute Gasteiger partial charge is 0.389 e. The molecule has 218 valence electrons. The van der Waals surface area contributed by atoms with Crippen LogP contribution >= 0.6 is 0 Å². The minimum atomic E-state index is -4.44. The van der Waals surface area contributed by atoms with E-state index in [1.807, 2.05) is 0 Å². The Bertz CT molecular complexity index is 1340. The van der Waals surface area contributed by atoms with Crippen molar-refractivity contribution in [1.82, 2.24) is 35.5 Å². The molecule has 40 heavy (non-hydrogen) atoms. The summed E-state index contributed by atoms with van der Waals surface area (Å²) in [4.78, 5) is 29.8. The minimum absolute atomic E-state index is 0.0312. The van der Waals surface area contributed by atoms with Gasteiger partial charge in [-0.15, -0.1) is 0 Å². The number of alkyl halides is 5. The number of rotatable bonds is 9. The highest BCUT2D eigenvalue weighted by molar-refractivity contribution is 5.93. The first-order valence-electron chi connectivity index (χ1n) is 12.9. The Morgan fingerprint density at radius 3 is 2.48 bits per heavy atom. The van der Waals surface area contributed by atoms with Crippen molar-refractivity contribution in [3.63, 3.8) is 0 Å². The molecule has 0 radical (unpaired) electrons. The van der Waals surface area contributed by atoms with Gasteiger partial charge in [-0.25, -0.2) is 22.9 Å². The van der Waals surface area contributed by atoms with Gasteiger partial charge in [0.05, 0.1) is 36.6 Å². The van der Waals surface area contributed by atoms with Gasteiger partial charge in [0.25, 0.3) is 5.91 Å². The summed E-state index contributed by atoms with van der Waals surface area (Å²) >= 11 is 0. The quantitative estimate of drug-likeness (QED) is 0.351. The van der Waals surface area contributed by atoms with Crippen LogP contribution in [0.2, 0.25) is 0 Å². The van der Waals surface area contributed by atoms with E-state index in [4.69, 9.17) is 0 Å². The Morgan fingerprint density at radius 1 is 1.18 bits per heavy atom. The maximum atomic E-state index is 13.9. The highest BCUT2D eigenvalue weighted by Gasteiger charge is 2.40. The molecule has 1 fully saturated rings. The van der Waals surface area contributed by atoms with Crippen molar-refractivity contribution in [2.75, 3.05) is 0 Å². The predicted octanol–water partition coefficient (Wildman–Crippen LogP) is 4.87. The summed E-state index contributed by atoms with van der Waals surface area (Å²) in [6.45, 7) is 5.16. The van der Waals surface area contributed by atoms with Gasteiger partial charge in [-0.05, 0) is 48.4 Å². The highest BCUT2D eigenvalue weighted by Crippen LogP contribution is 2.41. The zero-order chi connectivity index (χ0) is 29.2. The molecule has 2 atom stereocenters. The second-order valence-corrected chi connectivity index (χ2v) is 10.5. The predicted molar refractivity (Wildman–Crippen MR) is 130 cm³/mol. The van der Waals surface area contributed by atoms with E-state index in [1.165, 1.54) is 10.7 Å². The van der Waals surface area contributed by atoms with Crippen molar-refractivity contribution in [1.29, 1.82) is 0 Å². The molecule has 4 rings (SSSR count). The van der Waals surface area contributed by atoms with Crippen molar-refractivity contribution < 1.29 is 36.2 Å². The lowest BCUT2D eigenvalue weighted by Crippen LogP contribution is -2.37. The lowest BCUT2D eigenvalue weighted by molar-refractivity contribution is -0.144. The summed E-state index contributed by atoms with van der Waals surface area (Å²) < 4.78 is 71.5. The monoisotopic (exact) mass is 571 g/mol. The maximum Gasteiger partial charge on any atom is 0.389 e. The van der Waals surface area contributed by atoms with Crippen LogP contribution in [0.4, 0.5) is 22.0 Å². The normalized spacial score (nSPS) is 17.6. The summed E-state index contributed by atoms with van der Waals surface area (Å²) in [6.07, 6.45) is -3.65. The third-order valence-electron chi connectivity index (χ3n) is 7.04. The first-order valence-corrected chi connectivity index (χ1v) is 12.9. The summed E-state index contributed by atoms with van der Waals surface area (Å²) in [5.74, 6) is -4.63. The van der Waals surface area contributed by atoms with E-state index in [0.717, 1.165) is 0 Å². The van der Waals surface area contributed by atoms with E-state index < -0.39 is 48.8 Å². The Labute approximate surface area is 226 Å². The number of aromatic nitrogens is 5. The summed E-state index contributed by atoms with van der Waals surface area (Å²) in [7, 11) is 0. The molecule has 1 saturated carbocycles. The van der Waals surface area contributed by atoms with E-state index in [-0.39, 0.29) is 48.9 Å². The number of fused-ring (bicyclic) bond motifs is 1. The van der Waals surface area contributed by atoms with Gasteiger partial charge in [0, 0.05) is 19.3 Å². The number of hydrogen-bond donors (Lipinski definition) is 2. The average Bonchev–Trinajstić information content (AvgIpc) is 3.49. The van der Waals surface area contributed by atoms with Gasteiger partial charge in [-0.2, -0.15) is 18.3 Å². The molecule has 2 amide bonds. The van der Waals surface area contributed by atoms with Gasteiger partial charge in [0.15, 0.2) is 11.3 Å². The topological polar surface area (TPSA) is 127 Å². The number of aryl methyl sites for hydroxylation is 1. The Morgan fingerprint density at radius 2 is 1.88 bits per heavy atom. The number of imidazole rings is 1. The van der Waals surface area contributed by atoms with Crippen molar-refractivity contribution >= 4 is 17.5 Å². The van der Waals surface area contributed by atoms with Crippen molar-refractivity contribution in [3.05, 3.63) is 41.1 Å². The van der Waals surface area contributed by atoms with Crippen molar-refractivity contribution in [2.45, 2.75) is 83.5 Å². The number of nitrogens with one attached hydrogen (secondary N) is 2. The van der Waals surface area contributed by atoms with Crippen LogP contribution in [0.25, 0.3) is 5.65 Å². The van der Waals surface area contributed by atoms with Crippen LogP contribution in [0, 0.1) is 18.8 Å². The summed E-state index contributed by atoms with van der Waals surface area (Å²) in [5.41, 5.74) is 1.50. The minimum Gasteiger partial charge on any atom is -0.349 e. The van der Waals surface area contributed by atoms with Gasteiger partial charge >= 0.3 is 6.18 Å². The van der Waals surface area contributed by atoms with Gasteiger partial charge < -0.3 is 10.6 Å². The Balaban J connectivity index is 1.60. The molecule has 3 aromatic heterocycles. The Kier molecular flexibility index (Phi) is 8.40. The third-order valence-corrected chi connectivity index (χ3v) is 7.04. The first-order chi connectivity index (χ1) is 18.7. The molecule has 0 aromatic carbocycles. The van der Waals surface area contributed by atoms with Gasteiger partial charge in [0.2, 0.25) is 11.8 Å². The second-order valence-electron chi connectivity index (χ2n) is 10.5. The van der Waals surface area contributed by atoms with Crippen LogP contribution in [0.1, 0.15) is 91.9 Å². The zero-order valence-corrected chi connectivity index (χ0v) is 22.1. The van der Waals surface area contributed by atoms with E-state index in [0.29, 0.717) is 16.9 Å². The second kappa shape index (κ2) is 11.5. The number of carbonyl (C=O) groups excluding carboxylic acids is 2. The van der Waals surface area contributed by atoms with Crippen LogP contribution in [-0.2, 0) is 4.79 Å². The number of amides is 2. The van der Waals surface area contributed by atoms with Crippen LogP contribution in [0.15, 0.2) is 23.1 Å². The summed E-state index contributed by atoms with van der Waals surface area (Å²) in [5, 5.41) is 17.1. The highest BCUT2D eigenvalue weighted by atomic mass is 19.4. The van der Waals surface area contributed by atoms with Crippen LogP contribution in [-0.4, -0.2) is 48.8 Å². The molecular formula is C25H30F5N7O3. The molecule has 15 heteroatoms. The van der Waals surface area contributed by atoms with Crippen molar-refractivity contribution in [2.24, 2.45) is 11.8 Å². The van der Waals surface area contributed by atoms with E-state index in [9.17, 15) is 31.5 Å². The van der Waals surface area contributed by atoms with Crippen LogP contribution < -0.4 is 10.6 Å². The molecule has 1 aliphatic rings. The number of nitrogens with zero attached hydrogens (tertiary/aromatic N) is 5. The molecule has 3 heterocycles. The zero-order valence-electron chi connectivity index (χ0n) is 22.1. The van der Waals surface area contributed by atoms with Crippen LogP contribution in [0.3, 0.4) is 0 Å². The van der Waals surface area contributed by atoms with Gasteiger partial charge in [0.1, 0.15) is 5.69 Å². The fraction of sp³-hybridized carbons (Fsp3) is 0.600. The third kappa shape index (κ3) is 7.10. The van der Waals surface area contributed by atoms with Crippen LogP contribution in [0.5, 0.6) is 0 Å². The molecule has 0 spiro atoms. The standard InChI is InChI=1S/C25H30F5N7O3/c1-13(2)20(33-19(38)6-9-25(28,29)30)16-10-18-32-17(12-37(18)31-11-16)22(15-4-7-24(26,27)8-5-15)34-23(39)21-14(3)35-40-36-21/h10-13,15,20,22H,4-9H2,1-3H3,(H,33,38)(H,34,39)/t20-,22+/m1/s1. The van der Waals surface area contributed by atoms with E-state index in [2.05, 4.69) is 35.7 Å². The molecular weight excluding hydrogens is 541 g/mol.